The summed E-state index contributed by atoms with van der Waals surface area (Å²) in [4.78, 5) is 33.0. The van der Waals surface area contributed by atoms with Crippen molar-refractivity contribution in [1.29, 1.82) is 0 Å². The minimum absolute atomic E-state index is 0.179. The van der Waals surface area contributed by atoms with E-state index in [4.69, 9.17) is 14.9 Å². The molecule has 7 nitrogen and oxygen atoms in total. The molecule has 0 bridgehead atoms. The van der Waals surface area contributed by atoms with Crippen molar-refractivity contribution in [2.24, 2.45) is 0 Å². The van der Waals surface area contributed by atoms with E-state index < -0.39 is 23.9 Å². The molecule has 1 amide bonds. The Morgan fingerprint density at radius 2 is 1.82 bits per heavy atom. The number of carboxylic acid groups (broad SMARTS) is 2. The highest BCUT2D eigenvalue weighted by Gasteiger charge is 2.21. The van der Waals surface area contributed by atoms with Crippen molar-refractivity contribution in [3.63, 3.8) is 0 Å². The third kappa shape index (κ3) is 6.25. The lowest BCUT2D eigenvalue weighted by Gasteiger charge is -2.14. The van der Waals surface area contributed by atoms with Gasteiger partial charge in [0.05, 0.1) is 0 Å². The second kappa shape index (κ2) is 8.66. The molecule has 120 valence electrons. The van der Waals surface area contributed by atoms with E-state index in [1.54, 1.807) is 12.1 Å². The summed E-state index contributed by atoms with van der Waals surface area (Å²) in [5.74, 6) is -2.50. The van der Waals surface area contributed by atoms with Gasteiger partial charge in [-0.1, -0.05) is 19.1 Å². The lowest BCUT2D eigenvalue weighted by molar-refractivity contribution is -0.143. The van der Waals surface area contributed by atoms with Crippen molar-refractivity contribution < 1.29 is 29.3 Å². The van der Waals surface area contributed by atoms with Gasteiger partial charge in [-0.3, -0.25) is 9.59 Å². The zero-order chi connectivity index (χ0) is 16.5. The van der Waals surface area contributed by atoms with Crippen LogP contribution in [0.5, 0.6) is 5.75 Å². The molecule has 1 aromatic carbocycles. The molecule has 0 fully saturated rings. The average Bonchev–Trinajstić information content (AvgIpc) is 2.49. The van der Waals surface area contributed by atoms with Crippen LogP contribution < -0.4 is 10.1 Å². The van der Waals surface area contributed by atoms with Gasteiger partial charge in [0, 0.05) is 6.42 Å². The number of benzene rings is 1. The first-order valence-electron chi connectivity index (χ1n) is 6.88. The van der Waals surface area contributed by atoms with Gasteiger partial charge in [0.15, 0.2) is 6.61 Å². The molecule has 0 aliphatic rings. The van der Waals surface area contributed by atoms with Crippen LogP contribution in [0.2, 0.25) is 0 Å². The van der Waals surface area contributed by atoms with Gasteiger partial charge in [-0.2, -0.15) is 0 Å². The first-order valence-corrected chi connectivity index (χ1v) is 6.88. The highest BCUT2D eigenvalue weighted by molar-refractivity contribution is 5.84. The van der Waals surface area contributed by atoms with Crippen molar-refractivity contribution in [2.75, 3.05) is 6.61 Å². The monoisotopic (exact) mass is 309 g/mol. The molecule has 0 saturated heterocycles. The van der Waals surface area contributed by atoms with Gasteiger partial charge in [0.2, 0.25) is 0 Å². The van der Waals surface area contributed by atoms with Gasteiger partial charge in [0.1, 0.15) is 11.8 Å². The van der Waals surface area contributed by atoms with Gasteiger partial charge in [0.25, 0.3) is 5.91 Å². The predicted molar refractivity (Wildman–Crippen MR) is 77.8 cm³/mol. The topological polar surface area (TPSA) is 113 Å². The molecule has 0 heterocycles. The first kappa shape index (κ1) is 17.5. The lowest BCUT2D eigenvalue weighted by Crippen LogP contribution is -2.43. The maximum absolute atomic E-state index is 11.7. The highest BCUT2D eigenvalue weighted by Crippen LogP contribution is 2.12. The first-order chi connectivity index (χ1) is 10.4. The number of carbonyl (C=O) groups excluding carboxylic acids is 1. The largest absolute Gasteiger partial charge is 0.484 e. The van der Waals surface area contributed by atoms with Crippen LogP contribution in [0, 0.1) is 0 Å². The van der Waals surface area contributed by atoms with Crippen LogP contribution in [0.15, 0.2) is 24.3 Å². The molecular formula is C15H19NO6. The fourth-order valence-electron chi connectivity index (χ4n) is 1.73. The molecule has 1 aromatic rings. The van der Waals surface area contributed by atoms with Gasteiger partial charge in [-0.05, 0) is 30.5 Å². The van der Waals surface area contributed by atoms with Crippen molar-refractivity contribution in [3.8, 4) is 5.75 Å². The maximum atomic E-state index is 11.7. The molecule has 1 rings (SSSR count). The summed E-state index contributed by atoms with van der Waals surface area (Å²) in [6.45, 7) is 1.69. The molecule has 0 radical (unpaired) electrons. The number of rotatable bonds is 9. The molecule has 3 N–H and O–H groups in total. The summed E-state index contributed by atoms with van der Waals surface area (Å²) < 4.78 is 5.25. The quantitative estimate of drug-likeness (QED) is 0.628. The Bertz CT molecular complexity index is 525. The fraction of sp³-hybridized carbons (Fsp3) is 0.400. The fourth-order valence-corrected chi connectivity index (χ4v) is 1.73. The summed E-state index contributed by atoms with van der Waals surface area (Å²) >= 11 is 0. The van der Waals surface area contributed by atoms with E-state index in [-0.39, 0.29) is 19.4 Å². The van der Waals surface area contributed by atoms with Crippen LogP contribution in [-0.2, 0) is 20.8 Å². The van der Waals surface area contributed by atoms with Crippen molar-refractivity contribution in [3.05, 3.63) is 29.8 Å². The van der Waals surface area contributed by atoms with Gasteiger partial charge in [-0.25, -0.2) is 4.79 Å². The Morgan fingerprint density at radius 3 is 2.32 bits per heavy atom. The van der Waals surface area contributed by atoms with Crippen LogP contribution in [-0.4, -0.2) is 40.7 Å². The number of carbonyl (C=O) groups is 3. The van der Waals surface area contributed by atoms with Crippen LogP contribution in [0.3, 0.4) is 0 Å². The smallest absolute Gasteiger partial charge is 0.326 e. The Kier molecular flexibility index (Phi) is 6.88. The van der Waals surface area contributed by atoms with E-state index in [1.165, 1.54) is 0 Å². The number of aryl methyl sites for hydroxylation is 1. The summed E-state index contributed by atoms with van der Waals surface area (Å²) in [7, 11) is 0. The predicted octanol–water partition coefficient (Wildman–Crippen LogP) is 1.06. The van der Waals surface area contributed by atoms with Crippen molar-refractivity contribution in [1.82, 2.24) is 5.32 Å². The Hall–Kier alpha value is -2.57. The zero-order valence-electron chi connectivity index (χ0n) is 12.2. The van der Waals surface area contributed by atoms with Crippen LogP contribution in [0.25, 0.3) is 0 Å². The number of hydrogen-bond donors (Lipinski definition) is 3. The van der Waals surface area contributed by atoms with E-state index in [1.807, 2.05) is 19.1 Å². The van der Waals surface area contributed by atoms with E-state index in [2.05, 4.69) is 5.32 Å². The Morgan fingerprint density at radius 1 is 1.18 bits per heavy atom. The molecule has 0 aliphatic heterocycles. The second-order valence-corrected chi connectivity index (χ2v) is 4.68. The average molecular weight is 309 g/mol. The van der Waals surface area contributed by atoms with Gasteiger partial charge < -0.3 is 20.3 Å². The standard InChI is InChI=1S/C15H19NO6/c1-2-10-3-5-11(6-4-10)22-9-13(17)16-12(15(20)21)7-8-14(18)19/h3-6,12H,2,7-9H2,1H3,(H,16,17)(H,18,19)(H,20,21). The van der Waals surface area contributed by atoms with E-state index in [0.717, 1.165) is 12.0 Å². The van der Waals surface area contributed by atoms with Crippen molar-refractivity contribution in [2.45, 2.75) is 32.2 Å². The Labute approximate surface area is 127 Å². The molecular weight excluding hydrogens is 290 g/mol. The SMILES string of the molecule is CCc1ccc(OCC(=O)NC(CCC(=O)O)C(=O)O)cc1. The number of ether oxygens (including phenoxy) is 1. The van der Waals surface area contributed by atoms with E-state index in [0.29, 0.717) is 5.75 Å². The molecule has 0 aromatic heterocycles. The number of aliphatic carboxylic acids is 2. The number of nitrogens with one attached hydrogen (secondary N) is 1. The molecule has 0 spiro atoms. The summed E-state index contributed by atoms with van der Waals surface area (Å²) in [5, 5.41) is 19.7. The second-order valence-electron chi connectivity index (χ2n) is 4.68. The Balaban J connectivity index is 2.45. The summed E-state index contributed by atoms with van der Waals surface area (Å²) in [6.07, 6.45) is 0.378. The van der Waals surface area contributed by atoms with Crippen molar-refractivity contribution >= 4 is 17.8 Å². The number of amides is 1. The summed E-state index contributed by atoms with van der Waals surface area (Å²) in [5.41, 5.74) is 1.14. The third-order valence-electron chi connectivity index (χ3n) is 2.98. The van der Waals surface area contributed by atoms with Crippen LogP contribution in [0.4, 0.5) is 0 Å². The van der Waals surface area contributed by atoms with E-state index >= 15 is 0 Å². The molecule has 0 saturated carbocycles. The molecule has 22 heavy (non-hydrogen) atoms. The number of hydrogen-bond acceptors (Lipinski definition) is 4. The lowest BCUT2D eigenvalue weighted by atomic mass is 10.1. The van der Waals surface area contributed by atoms with Gasteiger partial charge >= 0.3 is 11.9 Å². The zero-order valence-corrected chi connectivity index (χ0v) is 12.2. The number of carboxylic acids is 2. The summed E-state index contributed by atoms with van der Waals surface area (Å²) in [6, 6.07) is 5.96. The molecule has 7 heteroatoms. The minimum atomic E-state index is -1.28. The van der Waals surface area contributed by atoms with Crippen LogP contribution in [0.1, 0.15) is 25.3 Å². The molecule has 0 aliphatic carbocycles. The van der Waals surface area contributed by atoms with Gasteiger partial charge in [-0.15, -0.1) is 0 Å². The van der Waals surface area contributed by atoms with Crippen LogP contribution >= 0.6 is 0 Å². The van der Waals surface area contributed by atoms with E-state index in [9.17, 15) is 14.4 Å². The molecule has 1 atom stereocenters. The third-order valence-corrected chi connectivity index (χ3v) is 2.98. The maximum Gasteiger partial charge on any atom is 0.326 e. The normalized spacial score (nSPS) is 11.5. The minimum Gasteiger partial charge on any atom is -0.484 e. The highest BCUT2D eigenvalue weighted by atomic mass is 16.5. The molecule has 1 unspecified atom stereocenters.